The number of hydrogen-bond acceptors (Lipinski definition) is 4. The number of aryl methyl sites for hydroxylation is 2. The monoisotopic (exact) mass is 272 g/mol. The van der Waals surface area contributed by atoms with Gasteiger partial charge >= 0.3 is 0 Å². The number of hydrogen-bond donors (Lipinski definition) is 1. The maximum atomic E-state index is 4.59. The van der Waals surface area contributed by atoms with Crippen molar-refractivity contribution in [2.75, 3.05) is 18.6 Å². The van der Waals surface area contributed by atoms with Gasteiger partial charge in [0.2, 0.25) is 0 Å². The Morgan fingerprint density at radius 2 is 2.06 bits per heavy atom. The summed E-state index contributed by atoms with van der Waals surface area (Å²) >= 11 is 3.73. The maximum absolute atomic E-state index is 4.59. The SMILES string of the molecule is CSCCCCCNC(C)c1nc(C)sc1C. The van der Waals surface area contributed by atoms with Crippen molar-refractivity contribution in [3.05, 3.63) is 15.6 Å². The molecule has 1 rings (SSSR count). The predicted molar refractivity (Wildman–Crippen MR) is 80.2 cm³/mol. The van der Waals surface area contributed by atoms with Crippen molar-refractivity contribution >= 4 is 23.1 Å². The Balaban J connectivity index is 2.21. The summed E-state index contributed by atoms with van der Waals surface area (Å²) < 4.78 is 0. The van der Waals surface area contributed by atoms with Gasteiger partial charge in [0, 0.05) is 10.9 Å². The zero-order valence-corrected chi connectivity index (χ0v) is 13.0. The molecule has 4 heteroatoms. The summed E-state index contributed by atoms with van der Waals surface area (Å²) in [7, 11) is 0. The minimum atomic E-state index is 0.389. The van der Waals surface area contributed by atoms with Gasteiger partial charge in [-0.25, -0.2) is 4.98 Å². The Bertz CT molecular complexity index is 323. The number of thioether (sulfide) groups is 1. The molecule has 0 aromatic carbocycles. The minimum Gasteiger partial charge on any atom is -0.309 e. The second-order valence-corrected chi connectivity index (χ2v) is 6.80. The quantitative estimate of drug-likeness (QED) is 0.726. The van der Waals surface area contributed by atoms with E-state index in [2.05, 4.69) is 37.3 Å². The second kappa shape index (κ2) is 8.11. The first-order chi connectivity index (χ1) is 8.15. The van der Waals surface area contributed by atoms with Gasteiger partial charge in [-0.2, -0.15) is 11.8 Å². The molecule has 0 spiro atoms. The van der Waals surface area contributed by atoms with Crippen molar-refractivity contribution in [3.63, 3.8) is 0 Å². The van der Waals surface area contributed by atoms with E-state index < -0.39 is 0 Å². The summed E-state index contributed by atoms with van der Waals surface area (Å²) in [5.41, 5.74) is 1.23. The molecule has 1 atom stereocenters. The highest BCUT2D eigenvalue weighted by molar-refractivity contribution is 7.98. The maximum Gasteiger partial charge on any atom is 0.0900 e. The standard InChI is InChI=1S/C13H24N2S2/c1-10(13-11(2)17-12(3)15-13)14-8-6-5-7-9-16-4/h10,14H,5-9H2,1-4H3. The Hall–Kier alpha value is -0.0600. The van der Waals surface area contributed by atoms with Crippen LogP contribution in [0.3, 0.4) is 0 Å². The fourth-order valence-electron chi connectivity index (χ4n) is 1.91. The van der Waals surface area contributed by atoms with Crippen LogP contribution in [0, 0.1) is 13.8 Å². The van der Waals surface area contributed by atoms with E-state index in [-0.39, 0.29) is 0 Å². The van der Waals surface area contributed by atoms with Gasteiger partial charge in [-0.05, 0) is 52.2 Å². The summed E-state index contributed by atoms with van der Waals surface area (Å²) in [5.74, 6) is 1.29. The molecule has 0 aliphatic rings. The summed E-state index contributed by atoms with van der Waals surface area (Å²) in [6.45, 7) is 7.56. The van der Waals surface area contributed by atoms with Crippen LogP contribution < -0.4 is 5.32 Å². The Labute approximate surface area is 114 Å². The fraction of sp³-hybridized carbons (Fsp3) is 0.769. The van der Waals surface area contributed by atoms with Crippen molar-refractivity contribution in [2.24, 2.45) is 0 Å². The van der Waals surface area contributed by atoms with Gasteiger partial charge < -0.3 is 5.32 Å². The van der Waals surface area contributed by atoms with E-state index in [1.807, 2.05) is 11.8 Å². The molecule has 1 N–H and O–H groups in total. The number of aromatic nitrogens is 1. The lowest BCUT2D eigenvalue weighted by Gasteiger charge is -2.12. The van der Waals surface area contributed by atoms with Crippen LogP contribution in [0.25, 0.3) is 0 Å². The minimum absolute atomic E-state index is 0.389. The lowest BCUT2D eigenvalue weighted by Crippen LogP contribution is -2.20. The molecule has 0 fully saturated rings. The van der Waals surface area contributed by atoms with Crippen molar-refractivity contribution in [2.45, 2.75) is 46.1 Å². The molecular weight excluding hydrogens is 248 g/mol. The van der Waals surface area contributed by atoms with Crippen LogP contribution in [0.5, 0.6) is 0 Å². The molecule has 98 valence electrons. The normalized spacial score (nSPS) is 12.9. The number of nitrogens with one attached hydrogen (secondary N) is 1. The number of unbranched alkanes of at least 4 members (excludes halogenated alkanes) is 2. The lowest BCUT2D eigenvalue weighted by molar-refractivity contribution is 0.535. The average Bonchev–Trinajstić information content (AvgIpc) is 2.62. The van der Waals surface area contributed by atoms with Gasteiger partial charge in [0.25, 0.3) is 0 Å². The summed E-state index contributed by atoms with van der Waals surface area (Å²) in [6, 6.07) is 0.389. The first kappa shape index (κ1) is 15.0. The molecular formula is C13H24N2S2. The Morgan fingerprint density at radius 1 is 1.29 bits per heavy atom. The first-order valence-corrected chi connectivity index (χ1v) is 8.52. The van der Waals surface area contributed by atoms with E-state index in [1.165, 1.54) is 40.6 Å². The molecule has 2 nitrogen and oxygen atoms in total. The van der Waals surface area contributed by atoms with Crippen LogP contribution in [0.15, 0.2) is 0 Å². The van der Waals surface area contributed by atoms with E-state index in [0.717, 1.165) is 6.54 Å². The molecule has 0 aliphatic heterocycles. The van der Waals surface area contributed by atoms with Crippen molar-refractivity contribution < 1.29 is 0 Å². The van der Waals surface area contributed by atoms with Crippen LogP contribution in [-0.4, -0.2) is 23.5 Å². The van der Waals surface area contributed by atoms with Crippen LogP contribution in [0.4, 0.5) is 0 Å². The second-order valence-electron chi connectivity index (χ2n) is 4.40. The van der Waals surface area contributed by atoms with Gasteiger partial charge in [-0.3, -0.25) is 0 Å². The molecule has 17 heavy (non-hydrogen) atoms. The van der Waals surface area contributed by atoms with Crippen molar-refractivity contribution in [1.82, 2.24) is 10.3 Å². The molecule has 1 heterocycles. The van der Waals surface area contributed by atoms with Gasteiger partial charge in [-0.1, -0.05) is 6.42 Å². The summed E-state index contributed by atoms with van der Waals surface area (Å²) in [6.07, 6.45) is 6.11. The smallest absolute Gasteiger partial charge is 0.0900 e. The number of nitrogens with zero attached hydrogens (tertiary/aromatic N) is 1. The van der Waals surface area contributed by atoms with Crippen molar-refractivity contribution in [3.8, 4) is 0 Å². The fourth-order valence-corrected chi connectivity index (χ4v) is 3.32. The lowest BCUT2D eigenvalue weighted by atomic mass is 10.2. The molecule has 0 amide bonds. The third kappa shape index (κ3) is 5.40. The summed E-state index contributed by atoms with van der Waals surface area (Å²) in [5, 5.41) is 4.74. The highest BCUT2D eigenvalue weighted by Gasteiger charge is 2.11. The molecule has 0 saturated carbocycles. The van der Waals surface area contributed by atoms with Crippen LogP contribution >= 0.6 is 23.1 Å². The highest BCUT2D eigenvalue weighted by atomic mass is 32.2. The number of rotatable bonds is 8. The first-order valence-electron chi connectivity index (χ1n) is 6.31. The van der Waals surface area contributed by atoms with Gasteiger partial charge in [0.05, 0.1) is 10.7 Å². The Kier molecular flexibility index (Phi) is 7.16. The van der Waals surface area contributed by atoms with E-state index >= 15 is 0 Å². The van der Waals surface area contributed by atoms with E-state index in [0.29, 0.717) is 6.04 Å². The van der Waals surface area contributed by atoms with Crippen LogP contribution in [0.1, 0.15) is 47.8 Å². The third-order valence-corrected chi connectivity index (χ3v) is 4.42. The van der Waals surface area contributed by atoms with Gasteiger partial charge in [-0.15, -0.1) is 11.3 Å². The molecule has 0 saturated heterocycles. The molecule has 1 aromatic rings. The average molecular weight is 272 g/mol. The summed E-state index contributed by atoms with van der Waals surface area (Å²) in [4.78, 5) is 5.94. The predicted octanol–water partition coefficient (Wildman–Crippen LogP) is 3.94. The van der Waals surface area contributed by atoms with Crippen molar-refractivity contribution in [1.29, 1.82) is 0 Å². The molecule has 0 radical (unpaired) electrons. The van der Waals surface area contributed by atoms with Crippen LogP contribution in [-0.2, 0) is 0 Å². The van der Waals surface area contributed by atoms with E-state index in [1.54, 1.807) is 11.3 Å². The van der Waals surface area contributed by atoms with E-state index in [9.17, 15) is 0 Å². The topological polar surface area (TPSA) is 24.9 Å². The zero-order valence-electron chi connectivity index (χ0n) is 11.4. The largest absolute Gasteiger partial charge is 0.309 e. The molecule has 1 aromatic heterocycles. The Morgan fingerprint density at radius 3 is 2.65 bits per heavy atom. The highest BCUT2D eigenvalue weighted by Crippen LogP contribution is 2.22. The molecule has 0 aliphatic carbocycles. The van der Waals surface area contributed by atoms with Gasteiger partial charge in [0.15, 0.2) is 0 Å². The van der Waals surface area contributed by atoms with Crippen LogP contribution in [0.2, 0.25) is 0 Å². The molecule has 1 unspecified atom stereocenters. The third-order valence-electron chi connectivity index (χ3n) is 2.83. The van der Waals surface area contributed by atoms with Gasteiger partial charge in [0.1, 0.15) is 0 Å². The van der Waals surface area contributed by atoms with E-state index in [4.69, 9.17) is 0 Å². The number of thiazole rings is 1. The zero-order chi connectivity index (χ0) is 12.7. The molecule has 0 bridgehead atoms.